The topological polar surface area (TPSA) is 70.2 Å². The van der Waals surface area contributed by atoms with Crippen LogP contribution in [0.5, 0.6) is 0 Å². The Kier molecular flexibility index (Phi) is 9.55. The Morgan fingerprint density at radius 1 is 0.917 bits per heavy atom. The largest absolute Gasteiger partial charge is 0.370 e. The van der Waals surface area contributed by atoms with E-state index in [1.54, 1.807) is 11.0 Å². The number of carbonyl (C=O) groups excluding carboxylic acids is 1. The molecule has 0 N–H and O–H groups in total. The lowest BCUT2D eigenvalue weighted by atomic mass is 10.1. The smallest absolute Gasteiger partial charge is 0.248 e. The fraction of sp³-hybridized carbons (Fsp3) is 0.480. The first-order valence-electron chi connectivity index (χ1n) is 12.0. The molecule has 11 heteroatoms. The van der Waals surface area contributed by atoms with Crippen molar-refractivity contribution in [3.63, 3.8) is 0 Å². The van der Waals surface area contributed by atoms with Gasteiger partial charge in [0.15, 0.2) is 0 Å². The van der Waals surface area contributed by atoms with Crippen molar-refractivity contribution in [3.05, 3.63) is 63.1 Å². The number of rotatable bonds is 8. The third kappa shape index (κ3) is 6.72. The maximum Gasteiger partial charge on any atom is 0.248 e. The van der Waals surface area contributed by atoms with Crippen molar-refractivity contribution in [1.29, 1.82) is 0 Å². The summed E-state index contributed by atoms with van der Waals surface area (Å²) in [4.78, 5) is 16.8. The molecule has 2 aromatic rings. The number of piperazine rings is 1. The van der Waals surface area contributed by atoms with Gasteiger partial charge in [0.25, 0.3) is 0 Å². The summed E-state index contributed by atoms with van der Waals surface area (Å²) in [5, 5.41) is 0.909. The second-order valence-electron chi connectivity index (χ2n) is 9.11. The molecule has 0 bridgehead atoms. The number of sulfonamides is 1. The average molecular weight is 575 g/mol. The second kappa shape index (κ2) is 12.4. The molecule has 2 saturated heterocycles. The molecule has 0 aromatic heterocycles. The van der Waals surface area contributed by atoms with Crippen molar-refractivity contribution in [3.8, 4) is 0 Å². The van der Waals surface area contributed by atoms with E-state index >= 15 is 0 Å². The Morgan fingerprint density at radius 2 is 1.58 bits per heavy atom. The molecule has 0 saturated carbocycles. The van der Waals surface area contributed by atoms with E-state index < -0.39 is 10.0 Å². The number of ether oxygens (including phenoxy) is 1. The van der Waals surface area contributed by atoms with Crippen molar-refractivity contribution in [2.75, 3.05) is 45.9 Å². The lowest BCUT2D eigenvalue weighted by Gasteiger charge is -2.36. The first-order chi connectivity index (χ1) is 17.3. The SMILES string of the molecule is O=C(COCC1CCCCN1S(=O)(=O)c1c(Cl)cccc1Cl)N1CCN(Cc2ccc(Cl)cc2)CC1. The van der Waals surface area contributed by atoms with E-state index in [0.29, 0.717) is 26.1 Å². The molecule has 2 fully saturated rings. The minimum atomic E-state index is -3.90. The summed E-state index contributed by atoms with van der Waals surface area (Å²) in [6.45, 7) is 4.06. The molecule has 0 aliphatic carbocycles. The number of halogens is 3. The Balaban J connectivity index is 1.27. The quantitative estimate of drug-likeness (QED) is 0.463. The van der Waals surface area contributed by atoms with Crippen LogP contribution in [-0.4, -0.2) is 80.4 Å². The maximum atomic E-state index is 13.4. The number of benzene rings is 2. The number of hydrogen-bond donors (Lipinski definition) is 0. The first-order valence-corrected chi connectivity index (χ1v) is 14.6. The van der Waals surface area contributed by atoms with Crippen molar-refractivity contribution in [2.24, 2.45) is 0 Å². The molecule has 2 aliphatic heterocycles. The number of nitrogens with zero attached hydrogens (tertiary/aromatic N) is 3. The zero-order chi connectivity index (χ0) is 25.7. The molecule has 2 aliphatic rings. The number of hydrogen-bond acceptors (Lipinski definition) is 5. The van der Waals surface area contributed by atoms with Crippen LogP contribution >= 0.6 is 34.8 Å². The van der Waals surface area contributed by atoms with E-state index in [2.05, 4.69) is 4.90 Å². The monoisotopic (exact) mass is 573 g/mol. The number of carbonyl (C=O) groups is 1. The molecule has 2 heterocycles. The fourth-order valence-electron chi connectivity index (χ4n) is 4.68. The molecule has 196 valence electrons. The van der Waals surface area contributed by atoms with E-state index in [9.17, 15) is 13.2 Å². The summed E-state index contributed by atoms with van der Waals surface area (Å²) in [7, 11) is -3.90. The van der Waals surface area contributed by atoms with Gasteiger partial charge in [0, 0.05) is 50.3 Å². The van der Waals surface area contributed by atoms with Crippen LogP contribution in [0.2, 0.25) is 15.1 Å². The van der Waals surface area contributed by atoms with Crippen LogP contribution in [0.1, 0.15) is 24.8 Å². The van der Waals surface area contributed by atoms with Crippen molar-refractivity contribution in [2.45, 2.75) is 36.7 Å². The normalized spacial score (nSPS) is 20.0. The van der Waals surface area contributed by atoms with E-state index in [-0.39, 0.29) is 40.1 Å². The van der Waals surface area contributed by atoms with Gasteiger partial charge in [-0.1, -0.05) is 59.4 Å². The van der Waals surface area contributed by atoms with Gasteiger partial charge in [0.2, 0.25) is 15.9 Å². The van der Waals surface area contributed by atoms with Crippen LogP contribution in [-0.2, 0) is 26.1 Å². The highest BCUT2D eigenvalue weighted by atomic mass is 35.5. The molecular weight excluding hydrogens is 545 g/mol. The highest BCUT2D eigenvalue weighted by Gasteiger charge is 2.36. The van der Waals surface area contributed by atoms with Crippen molar-refractivity contribution in [1.82, 2.24) is 14.1 Å². The molecule has 0 spiro atoms. The lowest BCUT2D eigenvalue weighted by Crippen LogP contribution is -2.50. The molecule has 7 nitrogen and oxygen atoms in total. The summed E-state index contributed by atoms with van der Waals surface area (Å²) in [5.74, 6) is -0.0829. The molecule has 1 atom stereocenters. The Labute approximate surface area is 227 Å². The van der Waals surface area contributed by atoms with Gasteiger partial charge in [0.1, 0.15) is 11.5 Å². The number of amides is 1. The molecule has 4 rings (SSSR count). The van der Waals surface area contributed by atoms with Gasteiger partial charge in [-0.05, 0) is 42.7 Å². The molecule has 1 amide bonds. The Morgan fingerprint density at radius 3 is 2.25 bits per heavy atom. The fourth-order valence-corrected chi connectivity index (χ4v) is 7.58. The maximum absolute atomic E-state index is 13.4. The Bertz CT molecular complexity index is 1140. The summed E-state index contributed by atoms with van der Waals surface area (Å²) in [5.41, 5.74) is 1.19. The van der Waals surface area contributed by atoms with Gasteiger partial charge in [-0.25, -0.2) is 8.42 Å². The molecule has 0 radical (unpaired) electrons. The zero-order valence-corrected chi connectivity index (χ0v) is 23.0. The van der Waals surface area contributed by atoms with E-state index in [4.69, 9.17) is 39.5 Å². The van der Waals surface area contributed by atoms with Gasteiger partial charge in [-0.15, -0.1) is 0 Å². The highest BCUT2D eigenvalue weighted by Crippen LogP contribution is 2.34. The predicted octanol–water partition coefficient (Wildman–Crippen LogP) is 4.55. The van der Waals surface area contributed by atoms with Gasteiger partial charge < -0.3 is 9.64 Å². The van der Waals surface area contributed by atoms with Gasteiger partial charge in [0.05, 0.1) is 16.7 Å². The van der Waals surface area contributed by atoms with E-state index in [0.717, 1.165) is 37.5 Å². The van der Waals surface area contributed by atoms with Crippen LogP contribution in [0.3, 0.4) is 0 Å². The summed E-state index contributed by atoms with van der Waals surface area (Å²) < 4.78 is 33.9. The average Bonchev–Trinajstić information content (AvgIpc) is 2.86. The lowest BCUT2D eigenvalue weighted by molar-refractivity contribution is -0.138. The third-order valence-corrected chi connectivity index (χ3v) is 9.80. The van der Waals surface area contributed by atoms with Crippen LogP contribution in [0, 0.1) is 0 Å². The third-order valence-electron chi connectivity index (χ3n) is 6.64. The minimum Gasteiger partial charge on any atom is -0.370 e. The molecular formula is C25H30Cl3N3O4S. The van der Waals surface area contributed by atoms with Crippen LogP contribution < -0.4 is 0 Å². The van der Waals surface area contributed by atoms with Crippen molar-refractivity contribution >= 4 is 50.7 Å². The van der Waals surface area contributed by atoms with Crippen LogP contribution in [0.4, 0.5) is 0 Å². The molecule has 1 unspecified atom stereocenters. The van der Waals surface area contributed by atoms with Crippen LogP contribution in [0.15, 0.2) is 47.4 Å². The minimum absolute atomic E-state index is 0.0750. The van der Waals surface area contributed by atoms with Gasteiger partial charge in [-0.2, -0.15) is 4.31 Å². The summed E-state index contributed by atoms with van der Waals surface area (Å²) >= 11 is 18.3. The van der Waals surface area contributed by atoms with Gasteiger partial charge >= 0.3 is 0 Å². The van der Waals surface area contributed by atoms with Crippen molar-refractivity contribution < 1.29 is 17.9 Å². The molecule has 2 aromatic carbocycles. The summed E-state index contributed by atoms with van der Waals surface area (Å²) in [6.07, 6.45) is 2.29. The predicted molar refractivity (Wildman–Crippen MR) is 142 cm³/mol. The zero-order valence-electron chi connectivity index (χ0n) is 19.9. The highest BCUT2D eigenvalue weighted by molar-refractivity contribution is 7.89. The standard InChI is InChI=1S/C25H30Cl3N3O4S/c26-20-9-7-19(8-10-20)16-29-12-14-30(15-13-29)24(32)18-35-17-21-4-1-2-11-31(21)36(33,34)25-22(27)5-3-6-23(25)28/h3,5-10,21H,1-2,4,11-18H2. The summed E-state index contributed by atoms with van der Waals surface area (Å²) in [6, 6.07) is 12.1. The van der Waals surface area contributed by atoms with Crippen LogP contribution in [0.25, 0.3) is 0 Å². The van der Waals surface area contributed by atoms with E-state index in [1.165, 1.54) is 22.0 Å². The molecule has 36 heavy (non-hydrogen) atoms. The first kappa shape index (κ1) is 27.6. The number of piperidine rings is 1. The van der Waals surface area contributed by atoms with E-state index in [1.807, 2.05) is 24.3 Å². The second-order valence-corrected chi connectivity index (χ2v) is 12.2. The van der Waals surface area contributed by atoms with Gasteiger partial charge in [-0.3, -0.25) is 9.69 Å². The Hall–Kier alpha value is -1.39.